The van der Waals surface area contributed by atoms with Crippen LogP contribution in [0.15, 0.2) is 24.3 Å². The lowest BCUT2D eigenvalue weighted by atomic mass is 9.89. The molecular formula is C16H14N2O2. The third kappa shape index (κ3) is 1.68. The SMILES string of the molecule is CCc1nc2c(nc1CC)C(=O)c1ccccc1C2=O. The first kappa shape index (κ1) is 12.7. The fourth-order valence-corrected chi connectivity index (χ4v) is 2.52. The Labute approximate surface area is 116 Å². The van der Waals surface area contributed by atoms with E-state index in [1.54, 1.807) is 24.3 Å². The van der Waals surface area contributed by atoms with Gasteiger partial charge in [0, 0.05) is 11.1 Å². The number of nitrogens with zero attached hydrogens (tertiary/aromatic N) is 2. The molecule has 1 aliphatic rings. The average Bonchev–Trinajstić information content (AvgIpc) is 2.51. The number of carbonyl (C=O) groups is 2. The average molecular weight is 266 g/mol. The van der Waals surface area contributed by atoms with Gasteiger partial charge in [0.05, 0.1) is 11.4 Å². The van der Waals surface area contributed by atoms with Crippen LogP contribution in [0.25, 0.3) is 0 Å². The van der Waals surface area contributed by atoms with Gasteiger partial charge in [-0.1, -0.05) is 38.1 Å². The molecule has 0 saturated carbocycles. The van der Waals surface area contributed by atoms with Crippen molar-refractivity contribution >= 4 is 11.6 Å². The Balaban J connectivity index is 2.28. The largest absolute Gasteiger partial charge is 0.287 e. The maximum Gasteiger partial charge on any atom is 0.214 e. The third-order valence-corrected chi connectivity index (χ3v) is 3.57. The van der Waals surface area contributed by atoms with Gasteiger partial charge in [-0.15, -0.1) is 0 Å². The number of aromatic nitrogens is 2. The number of ketones is 2. The van der Waals surface area contributed by atoms with Crippen LogP contribution in [0.4, 0.5) is 0 Å². The van der Waals surface area contributed by atoms with Crippen molar-refractivity contribution in [3.8, 4) is 0 Å². The Morgan fingerprint density at radius 2 is 1.20 bits per heavy atom. The number of fused-ring (bicyclic) bond motifs is 2. The maximum atomic E-state index is 12.5. The summed E-state index contributed by atoms with van der Waals surface area (Å²) in [6.07, 6.45) is 1.40. The van der Waals surface area contributed by atoms with Crippen LogP contribution in [0, 0.1) is 0 Å². The van der Waals surface area contributed by atoms with Crippen LogP contribution in [-0.4, -0.2) is 21.5 Å². The van der Waals surface area contributed by atoms with E-state index in [0.29, 0.717) is 24.0 Å². The Morgan fingerprint density at radius 1 is 0.800 bits per heavy atom. The lowest BCUT2D eigenvalue weighted by Crippen LogP contribution is -2.25. The molecule has 20 heavy (non-hydrogen) atoms. The molecule has 0 radical (unpaired) electrons. The van der Waals surface area contributed by atoms with E-state index in [1.165, 1.54) is 0 Å². The fourth-order valence-electron chi connectivity index (χ4n) is 2.52. The minimum atomic E-state index is -0.208. The molecule has 0 amide bonds. The number of benzene rings is 1. The normalized spacial score (nSPS) is 13.1. The van der Waals surface area contributed by atoms with E-state index in [1.807, 2.05) is 13.8 Å². The van der Waals surface area contributed by atoms with Crippen molar-refractivity contribution in [1.82, 2.24) is 9.97 Å². The van der Waals surface area contributed by atoms with Crippen molar-refractivity contribution in [3.63, 3.8) is 0 Å². The van der Waals surface area contributed by atoms with Crippen molar-refractivity contribution in [2.45, 2.75) is 26.7 Å². The standard InChI is InChI=1S/C16H14N2O2/c1-3-11-12(4-2)18-14-13(17-11)15(19)9-7-5-6-8-10(9)16(14)20/h5-8H,3-4H2,1-2H3. The Morgan fingerprint density at radius 3 is 1.55 bits per heavy atom. The topological polar surface area (TPSA) is 59.9 Å². The van der Waals surface area contributed by atoms with Crippen molar-refractivity contribution in [1.29, 1.82) is 0 Å². The summed E-state index contributed by atoms with van der Waals surface area (Å²) in [7, 11) is 0. The Bertz CT molecular complexity index is 673. The molecular weight excluding hydrogens is 252 g/mol. The van der Waals surface area contributed by atoms with Gasteiger partial charge in [-0.05, 0) is 12.8 Å². The van der Waals surface area contributed by atoms with E-state index >= 15 is 0 Å². The quantitative estimate of drug-likeness (QED) is 0.714. The molecule has 0 N–H and O–H groups in total. The minimum Gasteiger partial charge on any atom is -0.287 e. The van der Waals surface area contributed by atoms with Gasteiger partial charge in [0.2, 0.25) is 11.6 Å². The molecule has 0 saturated heterocycles. The van der Waals surface area contributed by atoms with Gasteiger partial charge in [-0.25, -0.2) is 9.97 Å². The molecule has 2 aromatic rings. The molecule has 0 atom stereocenters. The van der Waals surface area contributed by atoms with Gasteiger partial charge in [0.25, 0.3) is 0 Å². The van der Waals surface area contributed by atoms with Crippen LogP contribution in [0.5, 0.6) is 0 Å². The summed E-state index contributed by atoms with van der Waals surface area (Å²) in [6.45, 7) is 3.94. The molecule has 0 spiro atoms. The highest BCUT2D eigenvalue weighted by Crippen LogP contribution is 2.25. The molecule has 4 heteroatoms. The van der Waals surface area contributed by atoms with Crippen LogP contribution >= 0.6 is 0 Å². The first-order valence-corrected chi connectivity index (χ1v) is 6.75. The zero-order valence-corrected chi connectivity index (χ0v) is 11.4. The van der Waals surface area contributed by atoms with Gasteiger partial charge < -0.3 is 0 Å². The number of hydrogen-bond donors (Lipinski definition) is 0. The highest BCUT2D eigenvalue weighted by molar-refractivity contribution is 6.26. The number of rotatable bonds is 2. The second-order valence-electron chi connectivity index (χ2n) is 4.73. The summed E-state index contributed by atoms with van der Waals surface area (Å²) >= 11 is 0. The fraction of sp³-hybridized carbons (Fsp3) is 0.250. The summed E-state index contributed by atoms with van der Waals surface area (Å²) in [5, 5.41) is 0. The molecule has 0 bridgehead atoms. The number of aryl methyl sites for hydroxylation is 2. The molecule has 1 heterocycles. The van der Waals surface area contributed by atoms with Gasteiger partial charge >= 0.3 is 0 Å². The summed E-state index contributed by atoms with van der Waals surface area (Å²) in [5.74, 6) is -0.417. The maximum absolute atomic E-state index is 12.5. The van der Waals surface area contributed by atoms with Gasteiger partial charge in [-0.2, -0.15) is 0 Å². The zero-order chi connectivity index (χ0) is 14.3. The number of hydrogen-bond acceptors (Lipinski definition) is 4. The lowest BCUT2D eigenvalue weighted by Gasteiger charge is -2.17. The smallest absolute Gasteiger partial charge is 0.214 e. The van der Waals surface area contributed by atoms with Gasteiger partial charge in [0.1, 0.15) is 11.4 Å². The van der Waals surface area contributed by atoms with E-state index < -0.39 is 0 Å². The third-order valence-electron chi connectivity index (χ3n) is 3.57. The van der Waals surface area contributed by atoms with Crippen molar-refractivity contribution in [2.24, 2.45) is 0 Å². The van der Waals surface area contributed by atoms with Gasteiger partial charge in [-0.3, -0.25) is 9.59 Å². The molecule has 0 aliphatic heterocycles. The second kappa shape index (κ2) is 4.63. The Kier molecular flexibility index (Phi) is 2.93. The van der Waals surface area contributed by atoms with E-state index in [-0.39, 0.29) is 23.0 Å². The molecule has 0 fully saturated rings. The van der Waals surface area contributed by atoms with Gasteiger partial charge in [0.15, 0.2) is 0 Å². The predicted octanol–water partition coefficient (Wildman–Crippen LogP) is 2.38. The highest BCUT2D eigenvalue weighted by atomic mass is 16.1. The van der Waals surface area contributed by atoms with E-state index in [0.717, 1.165) is 11.4 Å². The summed E-state index contributed by atoms with van der Waals surface area (Å²) in [5.41, 5.74) is 2.83. The minimum absolute atomic E-state index is 0.197. The van der Waals surface area contributed by atoms with Crippen molar-refractivity contribution < 1.29 is 9.59 Å². The summed E-state index contributed by atoms with van der Waals surface area (Å²) < 4.78 is 0. The monoisotopic (exact) mass is 266 g/mol. The first-order chi connectivity index (χ1) is 9.67. The molecule has 1 aliphatic carbocycles. The summed E-state index contributed by atoms with van der Waals surface area (Å²) in [6, 6.07) is 6.84. The van der Waals surface area contributed by atoms with Crippen LogP contribution in [0.1, 0.15) is 57.3 Å². The molecule has 4 nitrogen and oxygen atoms in total. The molecule has 100 valence electrons. The predicted molar refractivity (Wildman–Crippen MR) is 74.1 cm³/mol. The highest BCUT2D eigenvalue weighted by Gasteiger charge is 2.32. The lowest BCUT2D eigenvalue weighted by molar-refractivity contribution is 0.0971. The molecule has 0 unspecified atom stereocenters. The molecule has 1 aromatic heterocycles. The number of carbonyl (C=O) groups excluding carboxylic acids is 2. The van der Waals surface area contributed by atoms with Crippen LogP contribution < -0.4 is 0 Å². The van der Waals surface area contributed by atoms with E-state index in [4.69, 9.17) is 0 Å². The molecule has 1 aromatic carbocycles. The first-order valence-electron chi connectivity index (χ1n) is 6.75. The van der Waals surface area contributed by atoms with Crippen molar-refractivity contribution in [3.05, 3.63) is 58.2 Å². The van der Waals surface area contributed by atoms with Crippen LogP contribution in [0.3, 0.4) is 0 Å². The van der Waals surface area contributed by atoms with Crippen molar-refractivity contribution in [2.75, 3.05) is 0 Å². The second-order valence-corrected chi connectivity index (χ2v) is 4.73. The zero-order valence-electron chi connectivity index (χ0n) is 11.4. The van der Waals surface area contributed by atoms with Crippen LogP contribution in [-0.2, 0) is 12.8 Å². The Hall–Kier alpha value is -2.36. The van der Waals surface area contributed by atoms with E-state index in [2.05, 4.69) is 9.97 Å². The van der Waals surface area contributed by atoms with Crippen LogP contribution in [0.2, 0.25) is 0 Å². The molecule has 3 rings (SSSR count). The summed E-state index contributed by atoms with van der Waals surface area (Å²) in [4.78, 5) is 33.7. The van der Waals surface area contributed by atoms with E-state index in [9.17, 15) is 9.59 Å².